The fraction of sp³-hybridized carbons (Fsp3) is 0.625. The minimum absolute atomic E-state index is 0.102. The van der Waals surface area contributed by atoms with Gasteiger partial charge in [-0.25, -0.2) is 0 Å². The highest BCUT2D eigenvalue weighted by Gasteiger charge is 2.20. The molecule has 108 valence electrons. The van der Waals surface area contributed by atoms with E-state index in [0.29, 0.717) is 11.7 Å². The van der Waals surface area contributed by atoms with Gasteiger partial charge in [0.25, 0.3) is 0 Å². The summed E-state index contributed by atoms with van der Waals surface area (Å²) in [4.78, 5) is 4.48. The van der Waals surface area contributed by atoms with E-state index in [1.807, 2.05) is 12.3 Å². The lowest BCUT2D eigenvalue weighted by Crippen LogP contribution is -2.26. The summed E-state index contributed by atoms with van der Waals surface area (Å²) in [5.41, 5.74) is 2.48. The van der Waals surface area contributed by atoms with Crippen LogP contribution in [0.1, 0.15) is 50.4 Å². The maximum absolute atomic E-state index is 9.27. The van der Waals surface area contributed by atoms with Crippen molar-refractivity contribution in [2.24, 2.45) is 0 Å². The molecule has 1 aromatic rings. The molecule has 1 unspecified atom stereocenters. The maximum Gasteiger partial charge on any atom is 0.101 e. The molecule has 0 bridgehead atoms. The Morgan fingerprint density at radius 1 is 1.50 bits per heavy atom. The first-order valence-corrected chi connectivity index (χ1v) is 7.22. The normalized spacial score (nSPS) is 19.0. The largest absolute Gasteiger partial charge is 0.377 e. The third-order valence-electron chi connectivity index (χ3n) is 3.50. The monoisotopic (exact) mass is 273 g/mol. The lowest BCUT2D eigenvalue weighted by molar-refractivity contribution is 0.110. The summed E-state index contributed by atoms with van der Waals surface area (Å²) >= 11 is 0. The van der Waals surface area contributed by atoms with E-state index in [1.54, 1.807) is 0 Å². The van der Waals surface area contributed by atoms with Gasteiger partial charge in [0.2, 0.25) is 0 Å². The van der Waals surface area contributed by atoms with Gasteiger partial charge in [0, 0.05) is 31.3 Å². The molecule has 0 spiro atoms. The highest BCUT2D eigenvalue weighted by atomic mass is 16.5. The first-order valence-electron chi connectivity index (χ1n) is 7.22. The van der Waals surface area contributed by atoms with Crippen molar-refractivity contribution in [1.82, 2.24) is 10.3 Å². The number of pyridine rings is 1. The van der Waals surface area contributed by atoms with Crippen molar-refractivity contribution in [3.05, 3.63) is 29.1 Å². The van der Waals surface area contributed by atoms with Crippen LogP contribution in [0.3, 0.4) is 0 Å². The van der Waals surface area contributed by atoms with Gasteiger partial charge in [-0.15, -0.1) is 0 Å². The number of nitrogens with zero attached hydrogens (tertiary/aromatic N) is 2. The second kappa shape index (κ2) is 6.34. The van der Waals surface area contributed by atoms with Crippen LogP contribution in [0.4, 0.5) is 0 Å². The first-order chi connectivity index (χ1) is 9.50. The predicted molar refractivity (Wildman–Crippen MR) is 78.3 cm³/mol. The molecular weight excluding hydrogens is 250 g/mol. The Kier molecular flexibility index (Phi) is 4.74. The van der Waals surface area contributed by atoms with Crippen LogP contribution in [0.2, 0.25) is 0 Å². The number of ether oxygens (including phenoxy) is 1. The zero-order valence-electron chi connectivity index (χ0n) is 12.6. The minimum Gasteiger partial charge on any atom is -0.377 e. The topological polar surface area (TPSA) is 57.9 Å². The number of nitriles is 1. The summed E-state index contributed by atoms with van der Waals surface area (Å²) in [5.74, 6) is 0. The molecule has 4 heteroatoms. The summed E-state index contributed by atoms with van der Waals surface area (Å²) in [6.07, 6.45) is 4.50. The third-order valence-corrected chi connectivity index (χ3v) is 3.50. The SMILES string of the molecule is CC(C)(C)c1ncc(CNCC2CCCO2)cc1C#N. The minimum atomic E-state index is -0.102. The Balaban J connectivity index is 1.97. The molecule has 1 aliphatic rings. The fourth-order valence-electron chi connectivity index (χ4n) is 2.47. The molecule has 1 aliphatic heterocycles. The van der Waals surface area contributed by atoms with Gasteiger partial charge < -0.3 is 10.1 Å². The van der Waals surface area contributed by atoms with Crippen LogP contribution in [0, 0.1) is 11.3 Å². The Hall–Kier alpha value is -1.44. The van der Waals surface area contributed by atoms with E-state index in [-0.39, 0.29) is 5.41 Å². The molecule has 1 aromatic heterocycles. The van der Waals surface area contributed by atoms with Gasteiger partial charge in [0.05, 0.1) is 17.4 Å². The molecule has 0 aromatic carbocycles. The molecule has 0 radical (unpaired) electrons. The first kappa shape index (κ1) is 15.0. The van der Waals surface area contributed by atoms with E-state index in [1.165, 1.54) is 0 Å². The van der Waals surface area contributed by atoms with Crippen LogP contribution in [-0.4, -0.2) is 24.2 Å². The van der Waals surface area contributed by atoms with Crippen molar-refractivity contribution in [3.63, 3.8) is 0 Å². The molecular formula is C16H23N3O. The van der Waals surface area contributed by atoms with Gasteiger partial charge in [-0.05, 0) is 24.5 Å². The van der Waals surface area contributed by atoms with E-state index in [2.05, 4.69) is 37.1 Å². The average molecular weight is 273 g/mol. The van der Waals surface area contributed by atoms with Crippen molar-refractivity contribution in [2.75, 3.05) is 13.2 Å². The fourth-order valence-corrected chi connectivity index (χ4v) is 2.47. The Labute approximate surface area is 121 Å². The molecule has 1 fully saturated rings. The van der Waals surface area contributed by atoms with Crippen LogP contribution >= 0.6 is 0 Å². The lowest BCUT2D eigenvalue weighted by atomic mass is 9.88. The molecule has 2 rings (SSSR count). The van der Waals surface area contributed by atoms with E-state index in [9.17, 15) is 5.26 Å². The molecule has 0 aliphatic carbocycles. The number of nitrogens with one attached hydrogen (secondary N) is 1. The number of hydrogen-bond donors (Lipinski definition) is 1. The summed E-state index contributed by atoms with van der Waals surface area (Å²) < 4.78 is 5.57. The summed E-state index contributed by atoms with van der Waals surface area (Å²) in [6, 6.07) is 4.20. The van der Waals surface area contributed by atoms with Gasteiger partial charge in [0.1, 0.15) is 6.07 Å². The van der Waals surface area contributed by atoms with E-state index >= 15 is 0 Å². The van der Waals surface area contributed by atoms with Crippen LogP contribution in [0.15, 0.2) is 12.3 Å². The molecule has 0 saturated carbocycles. The summed E-state index contributed by atoms with van der Waals surface area (Å²) in [7, 11) is 0. The Bertz CT molecular complexity index is 493. The van der Waals surface area contributed by atoms with Crippen molar-refractivity contribution in [2.45, 2.75) is 51.7 Å². The number of rotatable bonds is 4. The Morgan fingerprint density at radius 2 is 2.30 bits per heavy atom. The molecule has 0 amide bonds. The van der Waals surface area contributed by atoms with E-state index in [4.69, 9.17) is 4.74 Å². The average Bonchev–Trinajstić information content (AvgIpc) is 2.90. The maximum atomic E-state index is 9.27. The third kappa shape index (κ3) is 3.78. The van der Waals surface area contributed by atoms with Crippen LogP contribution in [0.25, 0.3) is 0 Å². The van der Waals surface area contributed by atoms with Gasteiger partial charge in [-0.2, -0.15) is 5.26 Å². The lowest BCUT2D eigenvalue weighted by Gasteiger charge is -2.19. The van der Waals surface area contributed by atoms with Crippen molar-refractivity contribution < 1.29 is 4.74 Å². The zero-order chi connectivity index (χ0) is 14.6. The molecule has 20 heavy (non-hydrogen) atoms. The van der Waals surface area contributed by atoms with E-state index < -0.39 is 0 Å². The van der Waals surface area contributed by atoms with Crippen molar-refractivity contribution in [1.29, 1.82) is 5.26 Å². The van der Waals surface area contributed by atoms with Crippen LogP contribution in [-0.2, 0) is 16.7 Å². The van der Waals surface area contributed by atoms with E-state index in [0.717, 1.165) is 43.8 Å². The number of aromatic nitrogens is 1. The molecule has 1 atom stereocenters. The summed E-state index contributed by atoms with van der Waals surface area (Å²) in [5, 5.41) is 12.7. The Morgan fingerprint density at radius 3 is 2.90 bits per heavy atom. The van der Waals surface area contributed by atoms with Gasteiger partial charge >= 0.3 is 0 Å². The van der Waals surface area contributed by atoms with Crippen molar-refractivity contribution in [3.8, 4) is 6.07 Å². The van der Waals surface area contributed by atoms with Gasteiger partial charge in [0.15, 0.2) is 0 Å². The number of hydrogen-bond acceptors (Lipinski definition) is 4. The molecule has 2 heterocycles. The quantitative estimate of drug-likeness (QED) is 0.915. The molecule has 1 N–H and O–H groups in total. The van der Waals surface area contributed by atoms with Gasteiger partial charge in [-0.1, -0.05) is 20.8 Å². The summed E-state index contributed by atoms with van der Waals surface area (Å²) in [6.45, 7) is 8.70. The van der Waals surface area contributed by atoms with Crippen LogP contribution < -0.4 is 5.32 Å². The van der Waals surface area contributed by atoms with Crippen LogP contribution in [0.5, 0.6) is 0 Å². The highest BCUT2D eigenvalue weighted by molar-refractivity contribution is 5.39. The highest BCUT2D eigenvalue weighted by Crippen LogP contribution is 2.23. The second-order valence-electron chi connectivity index (χ2n) is 6.37. The van der Waals surface area contributed by atoms with Crippen molar-refractivity contribution >= 4 is 0 Å². The molecule has 1 saturated heterocycles. The standard InChI is InChI=1S/C16H23N3O/c1-16(2,3)15-13(8-17)7-12(10-19-15)9-18-11-14-5-4-6-20-14/h7,10,14,18H,4-6,9,11H2,1-3H3. The van der Waals surface area contributed by atoms with Gasteiger partial charge in [-0.3, -0.25) is 4.98 Å². The second-order valence-corrected chi connectivity index (χ2v) is 6.37. The smallest absolute Gasteiger partial charge is 0.101 e. The molecule has 4 nitrogen and oxygen atoms in total. The zero-order valence-corrected chi connectivity index (χ0v) is 12.6. The predicted octanol–water partition coefficient (Wildman–Crippen LogP) is 2.52.